The van der Waals surface area contributed by atoms with Crippen LogP contribution in [-0.2, 0) is 72.6 Å². The normalized spacial score (nSPS) is 0. The number of hydrogen-bond donors (Lipinski definition) is 0. The first-order valence-corrected chi connectivity index (χ1v) is 0. The molecular weight excluding hydrogens is 358 g/mol. The molecular formula is CoCr2Pt. The van der Waals surface area contributed by atoms with E-state index >= 15 is 0 Å². The molecule has 0 aromatic heterocycles. The molecule has 4 heavy (non-hydrogen) atoms. The molecule has 0 aliphatic carbocycles. The van der Waals surface area contributed by atoms with E-state index < -0.39 is 0 Å². The zero-order valence-electron chi connectivity index (χ0n) is 1.47. The molecule has 0 atom stereocenters. The van der Waals surface area contributed by atoms with Gasteiger partial charge >= 0.3 is 0 Å². The van der Waals surface area contributed by atoms with Crippen LogP contribution in [0, 0.1) is 0 Å². The third kappa shape index (κ3) is 8.86. The molecule has 1 radical (unpaired) electrons. The van der Waals surface area contributed by atoms with Crippen molar-refractivity contribution in [2.45, 2.75) is 0 Å². The van der Waals surface area contributed by atoms with E-state index in [4.69, 9.17) is 0 Å². The van der Waals surface area contributed by atoms with Crippen molar-refractivity contribution >= 4 is 0 Å². The maximum Gasteiger partial charge on any atom is 0 e. The van der Waals surface area contributed by atoms with E-state index in [1.807, 2.05) is 0 Å². The Balaban J connectivity index is 0. The Morgan fingerprint density at radius 1 is 0.750 bits per heavy atom. The van der Waals surface area contributed by atoms with E-state index in [0.29, 0.717) is 0 Å². The molecule has 0 nitrogen and oxygen atoms in total. The van der Waals surface area contributed by atoms with E-state index in [1.54, 1.807) is 0 Å². The van der Waals surface area contributed by atoms with E-state index in [0.717, 1.165) is 0 Å². The summed E-state index contributed by atoms with van der Waals surface area (Å²) in [4.78, 5) is 0. The average Bonchev–Trinajstić information content (AvgIpc) is 0. The summed E-state index contributed by atoms with van der Waals surface area (Å²) < 4.78 is 0. The van der Waals surface area contributed by atoms with Gasteiger partial charge in [-0.25, -0.2) is 0 Å². The quantitative estimate of drug-likeness (QED) is 0.572. The van der Waals surface area contributed by atoms with Crippen molar-refractivity contribution in [2.24, 2.45) is 0 Å². The van der Waals surface area contributed by atoms with E-state index in [-0.39, 0.29) is 72.6 Å². The summed E-state index contributed by atoms with van der Waals surface area (Å²) in [6.45, 7) is 0. The van der Waals surface area contributed by atoms with E-state index in [1.165, 1.54) is 0 Å². The van der Waals surface area contributed by atoms with Gasteiger partial charge in [0.1, 0.15) is 0 Å². The maximum absolute atomic E-state index is 0. The van der Waals surface area contributed by atoms with Crippen molar-refractivity contribution in [3.05, 3.63) is 0 Å². The molecule has 0 saturated carbocycles. The summed E-state index contributed by atoms with van der Waals surface area (Å²) >= 11 is 0. The molecule has 4 heteroatoms. The van der Waals surface area contributed by atoms with Crippen LogP contribution in [-0.4, -0.2) is 0 Å². The van der Waals surface area contributed by atoms with Crippen molar-refractivity contribution in [1.82, 2.24) is 0 Å². The molecule has 0 fully saturated rings. The molecule has 0 N–H and O–H groups in total. The molecule has 0 aromatic carbocycles. The average molecular weight is 358 g/mol. The molecule has 0 saturated heterocycles. The Hall–Kier alpha value is 2.26. The van der Waals surface area contributed by atoms with Crippen LogP contribution in [0.25, 0.3) is 0 Å². The smallest absolute Gasteiger partial charge is 0 e. The fourth-order valence-electron chi connectivity index (χ4n) is 0. The first kappa shape index (κ1) is 33.9. The first-order chi connectivity index (χ1) is 0. The molecule has 0 aliphatic rings. The Morgan fingerprint density at radius 3 is 0.750 bits per heavy atom. The fraction of sp³-hybridized carbons (Fsp3) is 0. The van der Waals surface area contributed by atoms with Gasteiger partial charge in [0, 0.05) is 72.6 Å². The molecule has 0 aliphatic heterocycles. The monoisotopic (exact) mass is 358 g/mol. The topological polar surface area (TPSA) is 0 Å². The van der Waals surface area contributed by atoms with Crippen LogP contribution < -0.4 is 0 Å². The predicted molar refractivity (Wildman–Crippen MR) is 0 cm³/mol. The minimum atomic E-state index is 0. The Kier molecular flexibility index (Phi) is 158. The number of hydrogen-bond acceptors (Lipinski definition) is 0. The van der Waals surface area contributed by atoms with Gasteiger partial charge in [0.05, 0.1) is 0 Å². The second-order valence-corrected chi connectivity index (χ2v) is 0. The van der Waals surface area contributed by atoms with E-state index in [9.17, 15) is 0 Å². The number of rotatable bonds is 0. The molecule has 0 amide bonds. The van der Waals surface area contributed by atoms with Gasteiger partial charge < -0.3 is 0 Å². The van der Waals surface area contributed by atoms with Crippen LogP contribution in [0.3, 0.4) is 0 Å². The minimum Gasteiger partial charge on any atom is 0 e. The summed E-state index contributed by atoms with van der Waals surface area (Å²) in [7, 11) is 0. The standard InChI is InChI=1S/Co.2Cr.Pt. The third-order valence-corrected chi connectivity index (χ3v) is 0. The summed E-state index contributed by atoms with van der Waals surface area (Å²) in [5, 5.41) is 0. The molecule has 0 bridgehead atoms. The molecule has 0 spiro atoms. The predicted octanol–water partition coefficient (Wildman–Crippen LogP) is -0.0100. The Morgan fingerprint density at radius 2 is 0.750 bits per heavy atom. The van der Waals surface area contributed by atoms with Gasteiger partial charge in [-0.1, -0.05) is 0 Å². The molecule has 0 heterocycles. The summed E-state index contributed by atoms with van der Waals surface area (Å²) in [6, 6.07) is 0. The second-order valence-electron chi connectivity index (χ2n) is 0. The van der Waals surface area contributed by atoms with Crippen LogP contribution in [0.5, 0.6) is 0 Å². The largest absolute Gasteiger partial charge is 0 e. The van der Waals surface area contributed by atoms with E-state index in [2.05, 4.69) is 0 Å². The molecule has 0 unspecified atom stereocenters. The third-order valence-electron chi connectivity index (χ3n) is 0. The van der Waals surface area contributed by atoms with Crippen LogP contribution in [0.4, 0.5) is 0 Å². The summed E-state index contributed by atoms with van der Waals surface area (Å²) in [5.41, 5.74) is 0. The van der Waals surface area contributed by atoms with Gasteiger partial charge in [-0.3, -0.25) is 0 Å². The maximum atomic E-state index is 0. The van der Waals surface area contributed by atoms with Crippen LogP contribution in [0.1, 0.15) is 0 Å². The Bertz CT molecular complexity index is 6.00. The van der Waals surface area contributed by atoms with Gasteiger partial charge in [0.25, 0.3) is 0 Å². The molecule has 0 rings (SSSR count). The van der Waals surface area contributed by atoms with Crippen LogP contribution >= 0.6 is 0 Å². The zero-order chi connectivity index (χ0) is 0. The molecule has 0 aromatic rings. The zero-order valence-corrected chi connectivity index (χ0v) is 7.33. The summed E-state index contributed by atoms with van der Waals surface area (Å²) in [5.74, 6) is 0. The van der Waals surface area contributed by atoms with Crippen molar-refractivity contribution < 1.29 is 72.6 Å². The van der Waals surface area contributed by atoms with Gasteiger partial charge in [-0.05, 0) is 0 Å². The fourth-order valence-corrected chi connectivity index (χ4v) is 0. The van der Waals surface area contributed by atoms with Gasteiger partial charge in [0.2, 0.25) is 0 Å². The SMILES string of the molecule is [Co].[Cr].[Cr].[Pt]. The van der Waals surface area contributed by atoms with Crippen LogP contribution in [0.15, 0.2) is 0 Å². The second kappa shape index (κ2) is 18.7. The van der Waals surface area contributed by atoms with Crippen molar-refractivity contribution in [3.63, 3.8) is 0 Å². The van der Waals surface area contributed by atoms with Crippen molar-refractivity contribution in [1.29, 1.82) is 0 Å². The van der Waals surface area contributed by atoms with Gasteiger partial charge in [-0.2, -0.15) is 0 Å². The van der Waals surface area contributed by atoms with Crippen LogP contribution in [0.2, 0.25) is 0 Å². The minimum absolute atomic E-state index is 0. The van der Waals surface area contributed by atoms with Crippen molar-refractivity contribution in [3.8, 4) is 0 Å². The first-order valence-electron chi connectivity index (χ1n) is 0. The van der Waals surface area contributed by atoms with Gasteiger partial charge in [-0.15, -0.1) is 0 Å². The Labute approximate surface area is 71.8 Å². The summed E-state index contributed by atoms with van der Waals surface area (Å²) in [6.07, 6.45) is 0. The molecule has 31 valence electrons. The van der Waals surface area contributed by atoms with Gasteiger partial charge in [0.15, 0.2) is 0 Å². The van der Waals surface area contributed by atoms with Crippen molar-refractivity contribution in [2.75, 3.05) is 0 Å².